The van der Waals surface area contributed by atoms with Crippen LogP contribution in [0.2, 0.25) is 0 Å². The number of urea groups is 1. The zero-order valence-corrected chi connectivity index (χ0v) is 14.8. The lowest BCUT2D eigenvalue weighted by molar-refractivity contribution is -0.126. The Morgan fingerprint density at radius 2 is 2.07 bits per heavy atom. The number of nitrogens with zero attached hydrogens (tertiary/aromatic N) is 2. The molecule has 2 aliphatic rings. The fourth-order valence-corrected chi connectivity index (χ4v) is 3.34. The van der Waals surface area contributed by atoms with Crippen molar-refractivity contribution in [1.29, 1.82) is 0 Å². The number of nitrogens with one attached hydrogen (secondary N) is 2. The van der Waals surface area contributed by atoms with Gasteiger partial charge in [-0.2, -0.15) is 0 Å². The van der Waals surface area contributed by atoms with Crippen molar-refractivity contribution in [2.75, 3.05) is 37.6 Å². The summed E-state index contributed by atoms with van der Waals surface area (Å²) >= 11 is 0. The zero-order valence-electron chi connectivity index (χ0n) is 14.8. The van der Waals surface area contributed by atoms with Gasteiger partial charge in [-0.3, -0.25) is 14.5 Å². The second-order valence-corrected chi connectivity index (χ2v) is 6.81. The van der Waals surface area contributed by atoms with Crippen LogP contribution in [0.3, 0.4) is 0 Å². The SMILES string of the molecule is O=C(CCCN1C(=O)CNC1=O)NCC1CCN(c2ccc(F)c(F)c2)C1. The van der Waals surface area contributed by atoms with E-state index in [1.54, 1.807) is 6.07 Å². The van der Waals surface area contributed by atoms with Crippen molar-refractivity contribution in [1.82, 2.24) is 15.5 Å². The predicted molar refractivity (Wildman–Crippen MR) is 94.0 cm³/mol. The number of hydrogen-bond donors (Lipinski definition) is 2. The van der Waals surface area contributed by atoms with E-state index in [0.29, 0.717) is 25.2 Å². The van der Waals surface area contributed by atoms with Crippen LogP contribution in [0.25, 0.3) is 0 Å². The summed E-state index contributed by atoms with van der Waals surface area (Å²) in [7, 11) is 0. The van der Waals surface area contributed by atoms with Crippen molar-refractivity contribution in [2.45, 2.75) is 19.3 Å². The van der Waals surface area contributed by atoms with Gasteiger partial charge in [-0.1, -0.05) is 0 Å². The summed E-state index contributed by atoms with van der Waals surface area (Å²) in [5.41, 5.74) is 0.635. The molecule has 2 N–H and O–H groups in total. The number of benzene rings is 1. The minimum Gasteiger partial charge on any atom is -0.371 e. The fourth-order valence-electron chi connectivity index (χ4n) is 3.34. The number of carbonyl (C=O) groups excluding carboxylic acids is 3. The van der Waals surface area contributed by atoms with E-state index in [1.807, 2.05) is 4.90 Å². The highest BCUT2D eigenvalue weighted by Gasteiger charge is 2.28. The van der Waals surface area contributed by atoms with Gasteiger partial charge in [0.05, 0.1) is 6.54 Å². The summed E-state index contributed by atoms with van der Waals surface area (Å²) in [5.74, 6) is -1.91. The molecule has 0 aliphatic carbocycles. The Labute approximate surface area is 155 Å². The van der Waals surface area contributed by atoms with E-state index < -0.39 is 17.7 Å². The summed E-state index contributed by atoms with van der Waals surface area (Å²) in [6, 6.07) is 3.44. The largest absolute Gasteiger partial charge is 0.371 e. The number of imide groups is 1. The third-order valence-electron chi connectivity index (χ3n) is 4.86. The van der Waals surface area contributed by atoms with Gasteiger partial charge in [-0.25, -0.2) is 13.6 Å². The monoisotopic (exact) mass is 380 g/mol. The van der Waals surface area contributed by atoms with Gasteiger partial charge in [0.15, 0.2) is 11.6 Å². The summed E-state index contributed by atoms with van der Waals surface area (Å²) in [6.45, 7) is 2.13. The normalized spacial score (nSPS) is 19.6. The highest BCUT2D eigenvalue weighted by atomic mass is 19.2. The van der Waals surface area contributed by atoms with E-state index in [2.05, 4.69) is 10.6 Å². The highest BCUT2D eigenvalue weighted by molar-refractivity contribution is 6.01. The summed E-state index contributed by atoms with van der Waals surface area (Å²) in [4.78, 5) is 37.9. The van der Waals surface area contributed by atoms with Gasteiger partial charge < -0.3 is 15.5 Å². The van der Waals surface area contributed by atoms with Gasteiger partial charge >= 0.3 is 6.03 Å². The first kappa shape index (κ1) is 19.1. The zero-order chi connectivity index (χ0) is 19.4. The Bertz CT molecular complexity index is 727. The van der Waals surface area contributed by atoms with E-state index in [-0.39, 0.29) is 37.2 Å². The van der Waals surface area contributed by atoms with Gasteiger partial charge in [0.25, 0.3) is 0 Å². The number of anilines is 1. The molecule has 2 fully saturated rings. The molecule has 0 saturated carbocycles. The second kappa shape index (κ2) is 8.32. The highest BCUT2D eigenvalue weighted by Crippen LogP contribution is 2.25. The van der Waals surface area contributed by atoms with Crippen LogP contribution in [0, 0.1) is 17.6 Å². The third kappa shape index (κ3) is 4.72. The molecule has 2 saturated heterocycles. The van der Waals surface area contributed by atoms with E-state index in [1.165, 1.54) is 6.07 Å². The topological polar surface area (TPSA) is 81.8 Å². The first-order chi connectivity index (χ1) is 12.9. The molecule has 146 valence electrons. The molecule has 9 heteroatoms. The van der Waals surface area contributed by atoms with Crippen molar-refractivity contribution >= 4 is 23.5 Å². The molecule has 0 bridgehead atoms. The Kier molecular flexibility index (Phi) is 5.88. The molecule has 0 aromatic heterocycles. The first-order valence-electron chi connectivity index (χ1n) is 8.99. The molecular weight excluding hydrogens is 358 g/mol. The number of amides is 4. The van der Waals surface area contributed by atoms with Crippen LogP contribution in [-0.2, 0) is 9.59 Å². The maximum atomic E-state index is 13.4. The van der Waals surface area contributed by atoms with Gasteiger partial charge in [0, 0.05) is 44.4 Å². The van der Waals surface area contributed by atoms with Crippen LogP contribution in [0.5, 0.6) is 0 Å². The van der Waals surface area contributed by atoms with Crippen LogP contribution in [0.1, 0.15) is 19.3 Å². The molecule has 4 amide bonds. The van der Waals surface area contributed by atoms with E-state index in [9.17, 15) is 23.2 Å². The van der Waals surface area contributed by atoms with Crippen LogP contribution in [0.15, 0.2) is 18.2 Å². The average molecular weight is 380 g/mol. The fraction of sp³-hybridized carbons (Fsp3) is 0.500. The van der Waals surface area contributed by atoms with Crippen LogP contribution >= 0.6 is 0 Å². The molecule has 1 aromatic carbocycles. The lowest BCUT2D eigenvalue weighted by Gasteiger charge is -2.19. The standard InChI is InChI=1S/C18H22F2N4O3/c19-14-4-3-13(8-15(14)20)23-7-5-12(11-23)9-21-16(25)2-1-6-24-17(26)10-22-18(24)27/h3-4,8,12H,1-2,5-7,9-11H2,(H,21,25)(H,22,27). The lowest BCUT2D eigenvalue weighted by Crippen LogP contribution is -2.34. The smallest absolute Gasteiger partial charge is 0.324 e. The number of halogens is 2. The molecule has 1 aromatic rings. The molecule has 1 atom stereocenters. The quantitative estimate of drug-likeness (QED) is 0.698. The first-order valence-corrected chi connectivity index (χ1v) is 8.99. The third-order valence-corrected chi connectivity index (χ3v) is 4.86. The van der Waals surface area contributed by atoms with Crippen molar-refractivity contribution in [2.24, 2.45) is 5.92 Å². The minimum absolute atomic E-state index is 0.0150. The van der Waals surface area contributed by atoms with Crippen molar-refractivity contribution < 1.29 is 23.2 Å². The van der Waals surface area contributed by atoms with Crippen LogP contribution in [-0.4, -0.2) is 55.5 Å². The van der Waals surface area contributed by atoms with Crippen LogP contribution < -0.4 is 15.5 Å². The van der Waals surface area contributed by atoms with Crippen molar-refractivity contribution in [3.05, 3.63) is 29.8 Å². The molecule has 2 aliphatic heterocycles. The summed E-state index contributed by atoms with van der Waals surface area (Å²) in [5, 5.41) is 5.29. The van der Waals surface area contributed by atoms with Gasteiger partial charge in [0.2, 0.25) is 11.8 Å². The Morgan fingerprint density at radius 1 is 1.26 bits per heavy atom. The Balaban J connectivity index is 1.36. The molecule has 3 rings (SSSR count). The van der Waals surface area contributed by atoms with E-state index >= 15 is 0 Å². The molecule has 7 nitrogen and oxygen atoms in total. The Hall–Kier alpha value is -2.71. The number of rotatable bonds is 7. The molecule has 2 heterocycles. The summed E-state index contributed by atoms with van der Waals surface area (Å²) < 4.78 is 26.4. The number of carbonyl (C=O) groups is 3. The molecular formula is C18H22F2N4O3. The van der Waals surface area contributed by atoms with E-state index in [4.69, 9.17) is 0 Å². The maximum Gasteiger partial charge on any atom is 0.324 e. The summed E-state index contributed by atoms with van der Waals surface area (Å²) in [6.07, 6.45) is 1.50. The minimum atomic E-state index is -0.866. The lowest BCUT2D eigenvalue weighted by atomic mass is 10.1. The van der Waals surface area contributed by atoms with Crippen molar-refractivity contribution in [3.8, 4) is 0 Å². The maximum absolute atomic E-state index is 13.4. The van der Waals surface area contributed by atoms with Gasteiger partial charge in [-0.15, -0.1) is 0 Å². The van der Waals surface area contributed by atoms with E-state index in [0.717, 1.165) is 23.9 Å². The molecule has 0 radical (unpaired) electrons. The molecule has 0 spiro atoms. The van der Waals surface area contributed by atoms with Crippen molar-refractivity contribution in [3.63, 3.8) is 0 Å². The van der Waals surface area contributed by atoms with Crippen LogP contribution in [0.4, 0.5) is 19.3 Å². The Morgan fingerprint density at radius 3 is 2.78 bits per heavy atom. The van der Waals surface area contributed by atoms with Gasteiger partial charge in [0.1, 0.15) is 0 Å². The molecule has 1 unspecified atom stereocenters. The van der Waals surface area contributed by atoms with Gasteiger partial charge in [-0.05, 0) is 30.9 Å². The second-order valence-electron chi connectivity index (χ2n) is 6.81. The molecule has 27 heavy (non-hydrogen) atoms. The average Bonchev–Trinajstić information content (AvgIpc) is 3.24. The number of hydrogen-bond acceptors (Lipinski definition) is 4. The predicted octanol–water partition coefficient (Wildman–Crippen LogP) is 1.24.